The van der Waals surface area contributed by atoms with E-state index in [0.717, 1.165) is 6.54 Å². The molecule has 1 saturated heterocycles. The van der Waals surface area contributed by atoms with Crippen LogP contribution in [0.4, 0.5) is 8.78 Å². The van der Waals surface area contributed by atoms with Crippen molar-refractivity contribution in [3.63, 3.8) is 0 Å². The summed E-state index contributed by atoms with van der Waals surface area (Å²) in [5, 5.41) is 3.65. The SMILES string of the molecule is C[C@@H]1NC[C@@H]1n1ccc2cc(Cl)c(F)c(F)c21. The molecule has 0 unspecified atom stereocenters. The number of hydrogen-bond acceptors (Lipinski definition) is 1. The summed E-state index contributed by atoms with van der Waals surface area (Å²) < 4.78 is 29.1. The van der Waals surface area contributed by atoms with Crippen LogP contribution < -0.4 is 5.32 Å². The van der Waals surface area contributed by atoms with Gasteiger partial charge >= 0.3 is 0 Å². The van der Waals surface area contributed by atoms with Crippen molar-refractivity contribution in [1.29, 1.82) is 0 Å². The molecule has 2 aromatic rings. The average molecular weight is 257 g/mol. The second kappa shape index (κ2) is 3.68. The highest BCUT2D eigenvalue weighted by molar-refractivity contribution is 6.31. The molecule has 2 atom stereocenters. The molecule has 0 saturated carbocycles. The first-order valence-corrected chi connectivity index (χ1v) is 5.85. The Morgan fingerprint density at radius 3 is 2.76 bits per heavy atom. The first-order chi connectivity index (χ1) is 8.09. The third kappa shape index (κ3) is 1.47. The Bertz CT molecular complexity index is 594. The fourth-order valence-electron chi connectivity index (χ4n) is 2.30. The van der Waals surface area contributed by atoms with Crippen LogP contribution >= 0.6 is 11.6 Å². The maximum atomic E-state index is 13.9. The van der Waals surface area contributed by atoms with E-state index in [2.05, 4.69) is 5.32 Å². The smallest absolute Gasteiger partial charge is 0.184 e. The van der Waals surface area contributed by atoms with E-state index in [-0.39, 0.29) is 17.1 Å². The summed E-state index contributed by atoms with van der Waals surface area (Å²) in [5.74, 6) is -1.84. The first kappa shape index (κ1) is 11.0. The predicted molar refractivity (Wildman–Crippen MR) is 63.4 cm³/mol. The van der Waals surface area contributed by atoms with Gasteiger partial charge in [-0.15, -0.1) is 0 Å². The van der Waals surface area contributed by atoms with Crippen LogP contribution in [0.2, 0.25) is 5.02 Å². The third-order valence-electron chi connectivity index (χ3n) is 3.42. The van der Waals surface area contributed by atoms with Crippen LogP contribution in [-0.4, -0.2) is 17.2 Å². The fraction of sp³-hybridized carbons (Fsp3) is 0.333. The van der Waals surface area contributed by atoms with Gasteiger partial charge in [0.05, 0.1) is 16.6 Å². The Morgan fingerprint density at radius 2 is 2.18 bits per heavy atom. The molecular weight excluding hydrogens is 246 g/mol. The van der Waals surface area contributed by atoms with Crippen molar-refractivity contribution in [2.24, 2.45) is 0 Å². The van der Waals surface area contributed by atoms with Gasteiger partial charge in [0.15, 0.2) is 11.6 Å². The fourth-order valence-corrected chi connectivity index (χ4v) is 2.50. The number of fused-ring (bicyclic) bond motifs is 1. The molecule has 5 heteroatoms. The standard InChI is InChI=1S/C12H11ClF2N2/c1-6-9(5-16-6)17-3-2-7-4-8(13)10(14)11(15)12(7)17/h2-4,6,9,16H,5H2,1H3/t6-,9-/m0/s1. The molecule has 1 N–H and O–H groups in total. The first-order valence-electron chi connectivity index (χ1n) is 5.47. The lowest BCUT2D eigenvalue weighted by atomic mass is 10.0. The third-order valence-corrected chi connectivity index (χ3v) is 3.70. The summed E-state index contributed by atoms with van der Waals surface area (Å²) >= 11 is 5.62. The largest absolute Gasteiger partial charge is 0.339 e. The number of rotatable bonds is 1. The molecule has 1 aliphatic rings. The Hall–Kier alpha value is -1.13. The zero-order valence-corrected chi connectivity index (χ0v) is 9.93. The van der Waals surface area contributed by atoms with Gasteiger partial charge in [-0.3, -0.25) is 0 Å². The molecule has 1 aromatic carbocycles. The van der Waals surface area contributed by atoms with Crippen LogP contribution in [0.15, 0.2) is 18.3 Å². The van der Waals surface area contributed by atoms with Crippen molar-refractivity contribution in [3.8, 4) is 0 Å². The topological polar surface area (TPSA) is 17.0 Å². The summed E-state index contributed by atoms with van der Waals surface area (Å²) in [6.07, 6.45) is 1.78. The summed E-state index contributed by atoms with van der Waals surface area (Å²) in [4.78, 5) is 0. The second-order valence-electron chi connectivity index (χ2n) is 4.41. The zero-order chi connectivity index (χ0) is 12.2. The Kier molecular flexibility index (Phi) is 2.38. The number of halogens is 3. The van der Waals surface area contributed by atoms with Crippen molar-refractivity contribution < 1.29 is 8.78 Å². The molecule has 0 spiro atoms. The van der Waals surface area contributed by atoms with Crippen LogP contribution in [0, 0.1) is 11.6 Å². The zero-order valence-electron chi connectivity index (χ0n) is 9.17. The summed E-state index contributed by atoms with van der Waals surface area (Å²) in [6.45, 7) is 2.79. The van der Waals surface area contributed by atoms with Crippen molar-refractivity contribution in [1.82, 2.24) is 9.88 Å². The van der Waals surface area contributed by atoms with E-state index in [0.29, 0.717) is 10.9 Å². The van der Waals surface area contributed by atoms with Crippen LogP contribution in [0.25, 0.3) is 10.9 Å². The minimum atomic E-state index is -0.973. The normalized spacial score (nSPS) is 24.0. The maximum Gasteiger partial charge on any atom is 0.184 e. The van der Waals surface area contributed by atoms with E-state index >= 15 is 0 Å². The molecule has 3 rings (SSSR count). The van der Waals surface area contributed by atoms with Gasteiger partial charge in [0.1, 0.15) is 0 Å². The lowest BCUT2D eigenvalue weighted by Crippen LogP contribution is -2.51. The van der Waals surface area contributed by atoms with Gasteiger partial charge < -0.3 is 9.88 Å². The number of nitrogens with one attached hydrogen (secondary N) is 1. The lowest BCUT2D eigenvalue weighted by molar-refractivity contribution is 0.257. The van der Waals surface area contributed by atoms with Gasteiger partial charge in [-0.05, 0) is 19.1 Å². The number of benzene rings is 1. The molecule has 0 bridgehead atoms. The van der Waals surface area contributed by atoms with Gasteiger partial charge in [0.2, 0.25) is 0 Å². The molecular formula is C12H11ClF2N2. The summed E-state index contributed by atoms with van der Waals surface area (Å²) in [6, 6.07) is 3.66. The predicted octanol–water partition coefficient (Wildman–Crippen LogP) is 3.11. The quantitative estimate of drug-likeness (QED) is 0.776. The summed E-state index contributed by atoms with van der Waals surface area (Å²) in [7, 11) is 0. The Balaban J connectivity index is 2.24. The minimum absolute atomic E-state index is 0.169. The van der Waals surface area contributed by atoms with E-state index in [1.54, 1.807) is 16.8 Å². The van der Waals surface area contributed by atoms with Crippen LogP contribution in [0.5, 0.6) is 0 Å². The molecule has 1 aliphatic heterocycles. The molecule has 0 aliphatic carbocycles. The molecule has 2 nitrogen and oxygen atoms in total. The minimum Gasteiger partial charge on any atom is -0.339 e. The highest BCUT2D eigenvalue weighted by atomic mass is 35.5. The van der Waals surface area contributed by atoms with Crippen LogP contribution in [-0.2, 0) is 0 Å². The van der Waals surface area contributed by atoms with E-state index in [1.807, 2.05) is 6.92 Å². The Morgan fingerprint density at radius 1 is 1.41 bits per heavy atom. The molecule has 17 heavy (non-hydrogen) atoms. The molecule has 90 valence electrons. The van der Waals surface area contributed by atoms with Crippen molar-refractivity contribution in [3.05, 3.63) is 35.0 Å². The summed E-state index contributed by atoms with van der Waals surface area (Å²) in [5.41, 5.74) is 0.297. The highest BCUT2D eigenvalue weighted by Crippen LogP contribution is 2.31. The van der Waals surface area contributed by atoms with Crippen LogP contribution in [0.1, 0.15) is 13.0 Å². The molecule has 0 amide bonds. The van der Waals surface area contributed by atoms with E-state index in [4.69, 9.17) is 11.6 Å². The number of aromatic nitrogens is 1. The highest BCUT2D eigenvalue weighted by Gasteiger charge is 2.29. The lowest BCUT2D eigenvalue weighted by Gasteiger charge is -2.37. The monoisotopic (exact) mass is 256 g/mol. The molecule has 1 fully saturated rings. The molecule has 1 aromatic heterocycles. The van der Waals surface area contributed by atoms with E-state index in [9.17, 15) is 8.78 Å². The average Bonchev–Trinajstić information content (AvgIpc) is 2.68. The van der Waals surface area contributed by atoms with Crippen molar-refractivity contribution in [2.45, 2.75) is 19.0 Å². The number of nitrogens with zero attached hydrogens (tertiary/aromatic N) is 1. The van der Waals surface area contributed by atoms with Crippen molar-refractivity contribution >= 4 is 22.5 Å². The molecule has 2 heterocycles. The molecule has 0 radical (unpaired) electrons. The van der Waals surface area contributed by atoms with E-state index in [1.165, 1.54) is 6.07 Å². The van der Waals surface area contributed by atoms with Gasteiger partial charge in [-0.25, -0.2) is 8.78 Å². The van der Waals surface area contributed by atoms with Gasteiger partial charge in [0, 0.05) is 24.2 Å². The number of hydrogen-bond donors (Lipinski definition) is 1. The van der Waals surface area contributed by atoms with E-state index < -0.39 is 11.6 Å². The second-order valence-corrected chi connectivity index (χ2v) is 4.82. The van der Waals surface area contributed by atoms with Gasteiger partial charge in [-0.2, -0.15) is 0 Å². The van der Waals surface area contributed by atoms with Crippen molar-refractivity contribution in [2.75, 3.05) is 6.54 Å². The maximum absolute atomic E-state index is 13.9. The van der Waals surface area contributed by atoms with Gasteiger partial charge in [-0.1, -0.05) is 11.6 Å². The Labute approximate surface area is 102 Å². The van der Waals surface area contributed by atoms with Crippen LogP contribution in [0.3, 0.4) is 0 Å². The van der Waals surface area contributed by atoms with Gasteiger partial charge in [0.25, 0.3) is 0 Å².